The van der Waals surface area contributed by atoms with E-state index in [-0.39, 0.29) is 60.0 Å². The smallest absolute Gasteiger partial charge is 0.331 e. The summed E-state index contributed by atoms with van der Waals surface area (Å²) in [7, 11) is 0. The molecule has 530 valence electrons. The molecule has 0 bridgehead atoms. The van der Waals surface area contributed by atoms with Gasteiger partial charge in [-0.3, -0.25) is 0 Å². The number of allylic oxidation sites excluding steroid dienone is 3. The SMILES string of the molecule is C1=CC(c2ccc(Oc3nc(Oc4ccc(-c5ccc(Oc6nc(Oc7ccccc7)nc(Oc7ccc(C8CCCCC8)cc7)n6)cc5)cc4)nc(Oc4ccc(C5CCCCC5)cc4)n3)cc2)CC=C1Oc1nc(Oc2ccc(C3CCCCC3)cc2)nc(Oc2ccc(C3CCCCC3)cc2)n1. The molecule has 105 heavy (non-hydrogen) atoms. The second-order valence-electron chi connectivity index (χ2n) is 27.8. The molecule has 0 radical (unpaired) electrons. The van der Waals surface area contributed by atoms with E-state index in [0.29, 0.717) is 81.8 Å². The van der Waals surface area contributed by atoms with E-state index in [0.717, 1.165) is 16.7 Å². The maximum absolute atomic E-state index is 6.37. The molecule has 11 aromatic rings. The minimum Gasteiger partial charge on any atom is -0.424 e. The lowest BCUT2D eigenvalue weighted by Gasteiger charge is -2.22. The number of ether oxygens (including phenoxy) is 9. The molecule has 18 heteroatoms. The monoisotopic (exact) mass is 1400 g/mol. The van der Waals surface area contributed by atoms with Crippen LogP contribution >= 0.6 is 0 Å². The Kier molecular flexibility index (Phi) is 21.3. The zero-order valence-electron chi connectivity index (χ0n) is 58.7. The van der Waals surface area contributed by atoms with Crippen molar-refractivity contribution in [3.8, 4) is 111 Å². The summed E-state index contributed by atoms with van der Waals surface area (Å²) in [5, 5.41) is 0. The first kappa shape index (κ1) is 67.9. The Balaban J connectivity index is 0.582. The van der Waals surface area contributed by atoms with Crippen molar-refractivity contribution >= 4 is 0 Å². The summed E-state index contributed by atoms with van der Waals surface area (Å²) in [5.74, 6) is 7.33. The van der Waals surface area contributed by atoms with Gasteiger partial charge in [-0.1, -0.05) is 186 Å². The van der Waals surface area contributed by atoms with Crippen molar-refractivity contribution in [1.82, 2.24) is 44.9 Å². The van der Waals surface area contributed by atoms with Gasteiger partial charge in [0.1, 0.15) is 51.8 Å². The van der Waals surface area contributed by atoms with Gasteiger partial charge in [-0.2, -0.15) is 0 Å². The Morgan fingerprint density at radius 2 is 0.448 bits per heavy atom. The van der Waals surface area contributed by atoms with Crippen LogP contribution in [0.1, 0.15) is 192 Å². The first-order valence-corrected chi connectivity index (χ1v) is 37.4. The minimum absolute atomic E-state index is 0.00950. The van der Waals surface area contributed by atoms with Crippen LogP contribution in [0.4, 0.5) is 0 Å². The summed E-state index contributed by atoms with van der Waals surface area (Å²) in [5.41, 5.74) is 8.20. The number of nitrogens with zero attached hydrogens (tertiary/aromatic N) is 9. The third kappa shape index (κ3) is 18.1. The summed E-state index contributed by atoms with van der Waals surface area (Å²) in [6, 6.07) is 65.5. The molecule has 0 saturated heterocycles. The molecule has 16 rings (SSSR count). The Labute approximate surface area is 612 Å². The molecule has 4 fully saturated rings. The van der Waals surface area contributed by atoms with Crippen LogP contribution in [0.15, 0.2) is 224 Å². The van der Waals surface area contributed by atoms with E-state index in [1.165, 1.54) is 151 Å². The molecule has 0 spiro atoms. The van der Waals surface area contributed by atoms with Gasteiger partial charge in [0.05, 0.1) is 0 Å². The summed E-state index contributed by atoms with van der Waals surface area (Å²) in [6.45, 7) is 0. The largest absolute Gasteiger partial charge is 0.424 e. The van der Waals surface area contributed by atoms with E-state index >= 15 is 0 Å². The Hall–Kier alpha value is -11.5. The molecule has 5 aliphatic carbocycles. The van der Waals surface area contributed by atoms with E-state index in [4.69, 9.17) is 42.6 Å². The summed E-state index contributed by atoms with van der Waals surface area (Å²) >= 11 is 0. The van der Waals surface area contributed by atoms with Gasteiger partial charge in [-0.15, -0.1) is 44.9 Å². The number of benzene rings is 8. The maximum atomic E-state index is 6.37. The first-order valence-electron chi connectivity index (χ1n) is 37.4. The van der Waals surface area contributed by atoms with Gasteiger partial charge < -0.3 is 42.6 Å². The third-order valence-corrected chi connectivity index (χ3v) is 20.6. The van der Waals surface area contributed by atoms with Gasteiger partial charge in [0.2, 0.25) is 0 Å². The second-order valence-corrected chi connectivity index (χ2v) is 27.8. The van der Waals surface area contributed by atoms with E-state index in [1.54, 1.807) is 0 Å². The molecule has 1 unspecified atom stereocenters. The zero-order chi connectivity index (χ0) is 70.4. The van der Waals surface area contributed by atoms with E-state index < -0.39 is 0 Å². The molecular weight excluding hydrogens is 1320 g/mol. The fraction of sp³-hybridized carbons (Fsp3) is 0.299. The molecule has 0 N–H and O–H groups in total. The molecule has 0 amide bonds. The van der Waals surface area contributed by atoms with Crippen LogP contribution in [-0.2, 0) is 0 Å². The van der Waals surface area contributed by atoms with Gasteiger partial charge in [-0.25, -0.2) is 0 Å². The minimum atomic E-state index is -0.0167. The number of para-hydroxylation sites is 1. The predicted molar refractivity (Wildman–Crippen MR) is 399 cm³/mol. The van der Waals surface area contributed by atoms with Crippen LogP contribution < -0.4 is 42.6 Å². The van der Waals surface area contributed by atoms with Crippen molar-refractivity contribution in [3.05, 3.63) is 252 Å². The second kappa shape index (κ2) is 32.8. The predicted octanol–water partition coefficient (Wildman–Crippen LogP) is 23.4. The highest BCUT2D eigenvalue weighted by molar-refractivity contribution is 5.65. The highest BCUT2D eigenvalue weighted by Crippen LogP contribution is 2.41. The number of rotatable bonds is 24. The topological polar surface area (TPSA) is 199 Å². The maximum Gasteiger partial charge on any atom is 0.331 e. The molecule has 18 nitrogen and oxygen atoms in total. The van der Waals surface area contributed by atoms with Gasteiger partial charge in [0.15, 0.2) is 0 Å². The molecule has 4 saturated carbocycles. The van der Waals surface area contributed by atoms with Gasteiger partial charge in [0.25, 0.3) is 0 Å². The van der Waals surface area contributed by atoms with Crippen LogP contribution in [0.3, 0.4) is 0 Å². The number of hydrogen-bond acceptors (Lipinski definition) is 18. The number of aromatic nitrogens is 9. The lowest BCUT2D eigenvalue weighted by molar-refractivity contribution is 0.348. The van der Waals surface area contributed by atoms with Crippen molar-refractivity contribution in [3.63, 3.8) is 0 Å². The van der Waals surface area contributed by atoms with E-state index in [9.17, 15) is 0 Å². The third-order valence-electron chi connectivity index (χ3n) is 20.6. The Morgan fingerprint density at radius 3 is 0.695 bits per heavy atom. The van der Waals surface area contributed by atoms with E-state index in [2.05, 4.69) is 99.5 Å². The average molecular weight is 1400 g/mol. The average Bonchev–Trinajstić information content (AvgIpc) is 0.834. The highest BCUT2D eigenvalue weighted by Gasteiger charge is 2.24. The van der Waals surface area contributed by atoms with Crippen molar-refractivity contribution in [2.45, 2.75) is 164 Å². The molecule has 3 heterocycles. The highest BCUT2D eigenvalue weighted by atomic mass is 16.6. The number of hydrogen-bond donors (Lipinski definition) is 0. The quantitative estimate of drug-likeness (QED) is 0.0553. The van der Waals surface area contributed by atoms with Gasteiger partial charge in [0, 0.05) is 5.92 Å². The lowest BCUT2D eigenvalue weighted by atomic mass is 9.84. The summed E-state index contributed by atoms with van der Waals surface area (Å²) in [6.07, 6.45) is 31.7. The molecule has 3 aromatic heterocycles. The van der Waals surface area contributed by atoms with Crippen LogP contribution in [0.5, 0.6) is 100 Å². The standard InChI is InChI=1S/C87H83N9O9/c1-6-16-58(17-7-1)62-26-42-71(43-27-62)98-80-88-79(97-70-24-14-5-15-25-70)89-81(90-80)102-75-50-34-66(35-51-75)67-36-54-77(55-37-67)104-86-94-84(101-74-48-32-65(33-49-74)61-22-12-4-13-23-61)95-87(96-86)105-78-56-40-69(41-57-78)68-38-52-76(53-39-68)103-85-92-82(99-72-44-28-63(29-45-72)59-18-8-2-9-19-59)91-83(93-85)100-73-46-30-64(31-47-73)60-20-10-3-11-21-60/h5,14-15,24-38,40-61,68H,1-4,6-13,16-23,39H2. The Bertz CT molecular complexity index is 4660. The van der Waals surface area contributed by atoms with Crippen molar-refractivity contribution in [2.75, 3.05) is 0 Å². The molecule has 8 aromatic carbocycles. The summed E-state index contributed by atoms with van der Waals surface area (Å²) < 4.78 is 56.5. The fourth-order valence-electron chi connectivity index (χ4n) is 14.9. The van der Waals surface area contributed by atoms with Crippen LogP contribution in [-0.4, -0.2) is 44.9 Å². The fourth-order valence-corrected chi connectivity index (χ4v) is 14.9. The normalized spacial score (nSPS) is 16.7. The van der Waals surface area contributed by atoms with Gasteiger partial charge in [-0.05, 0) is 230 Å². The molecule has 5 aliphatic rings. The Morgan fingerprint density at radius 1 is 0.219 bits per heavy atom. The van der Waals surface area contributed by atoms with E-state index in [1.807, 2.05) is 164 Å². The van der Waals surface area contributed by atoms with Crippen molar-refractivity contribution in [1.29, 1.82) is 0 Å². The van der Waals surface area contributed by atoms with Gasteiger partial charge >= 0.3 is 54.1 Å². The lowest BCUT2D eigenvalue weighted by Crippen LogP contribution is -2.07. The first-order chi connectivity index (χ1) is 51.8. The zero-order valence-corrected chi connectivity index (χ0v) is 58.7. The van der Waals surface area contributed by atoms with Crippen LogP contribution in [0.2, 0.25) is 0 Å². The summed E-state index contributed by atoms with van der Waals surface area (Å²) in [4.78, 5) is 41.2. The molecular formula is C87H83N9O9. The van der Waals surface area contributed by atoms with Crippen molar-refractivity contribution in [2.24, 2.45) is 0 Å². The van der Waals surface area contributed by atoms with Crippen LogP contribution in [0.25, 0.3) is 11.1 Å². The molecule has 0 aliphatic heterocycles. The molecule has 1 atom stereocenters. The van der Waals surface area contributed by atoms with Crippen LogP contribution in [0, 0.1) is 0 Å². The van der Waals surface area contributed by atoms with Crippen molar-refractivity contribution < 1.29 is 42.6 Å².